The number of halogens is 1. The third-order valence-corrected chi connectivity index (χ3v) is 3.82. The average Bonchev–Trinajstić information content (AvgIpc) is 2.32. The molecule has 1 nitrogen and oxygen atoms in total. The van der Waals surface area contributed by atoms with E-state index in [2.05, 4.69) is 40.7 Å². The molecule has 1 atom stereocenters. The molecule has 1 aromatic carbocycles. The summed E-state index contributed by atoms with van der Waals surface area (Å²) in [7, 11) is 0. The van der Waals surface area contributed by atoms with Crippen LogP contribution in [0.1, 0.15) is 54.9 Å². The van der Waals surface area contributed by atoms with Gasteiger partial charge in [0, 0.05) is 5.88 Å². The molecular formula is C16H25ClO. The zero-order valence-electron chi connectivity index (χ0n) is 12.3. The van der Waals surface area contributed by atoms with Gasteiger partial charge in [0.15, 0.2) is 0 Å². The molecule has 1 aromatic rings. The van der Waals surface area contributed by atoms with Gasteiger partial charge in [0.1, 0.15) is 5.75 Å². The third kappa shape index (κ3) is 3.41. The summed E-state index contributed by atoms with van der Waals surface area (Å²) in [4.78, 5) is 0. The average molecular weight is 269 g/mol. The maximum atomic E-state index is 5.87. The van der Waals surface area contributed by atoms with Crippen molar-refractivity contribution in [3.8, 4) is 5.75 Å². The van der Waals surface area contributed by atoms with Crippen LogP contribution in [0.2, 0.25) is 0 Å². The molecule has 0 N–H and O–H groups in total. The Hall–Kier alpha value is -0.690. The minimum absolute atomic E-state index is 0.515. The molecule has 0 heterocycles. The standard InChI is InChI=1S/C16H25ClO/c1-6-9-18-15-10-12(3)16(11(2)7-8-17)14(5)13(15)4/h10-11H,6-9H2,1-5H3. The van der Waals surface area contributed by atoms with Crippen molar-refractivity contribution in [2.75, 3.05) is 12.5 Å². The first kappa shape index (κ1) is 15.4. The second-order valence-corrected chi connectivity index (χ2v) is 5.46. The normalized spacial score (nSPS) is 12.6. The van der Waals surface area contributed by atoms with Crippen molar-refractivity contribution in [1.82, 2.24) is 0 Å². The number of hydrogen-bond acceptors (Lipinski definition) is 1. The van der Waals surface area contributed by atoms with Crippen molar-refractivity contribution >= 4 is 11.6 Å². The Labute approximate surface area is 116 Å². The first-order chi connectivity index (χ1) is 8.52. The molecule has 0 aliphatic heterocycles. The van der Waals surface area contributed by atoms with Crippen molar-refractivity contribution in [2.45, 2.75) is 53.4 Å². The maximum Gasteiger partial charge on any atom is 0.122 e. The second-order valence-electron chi connectivity index (χ2n) is 5.08. The molecule has 0 saturated carbocycles. The van der Waals surface area contributed by atoms with Crippen LogP contribution in [-0.4, -0.2) is 12.5 Å². The van der Waals surface area contributed by atoms with Crippen molar-refractivity contribution in [3.05, 3.63) is 28.3 Å². The van der Waals surface area contributed by atoms with Crippen molar-refractivity contribution in [1.29, 1.82) is 0 Å². The molecule has 0 aromatic heterocycles. The predicted molar refractivity (Wildman–Crippen MR) is 80.2 cm³/mol. The zero-order chi connectivity index (χ0) is 13.7. The summed E-state index contributed by atoms with van der Waals surface area (Å²) in [5.74, 6) is 2.27. The van der Waals surface area contributed by atoms with Gasteiger partial charge in [-0.25, -0.2) is 0 Å². The first-order valence-electron chi connectivity index (χ1n) is 6.82. The van der Waals surface area contributed by atoms with E-state index in [0.29, 0.717) is 11.8 Å². The molecule has 0 aliphatic carbocycles. The molecular weight excluding hydrogens is 244 g/mol. The van der Waals surface area contributed by atoms with E-state index < -0.39 is 0 Å². The lowest BCUT2D eigenvalue weighted by molar-refractivity contribution is 0.314. The molecule has 0 amide bonds. The summed E-state index contributed by atoms with van der Waals surface area (Å²) in [6, 6.07) is 2.18. The fraction of sp³-hybridized carbons (Fsp3) is 0.625. The quantitative estimate of drug-likeness (QED) is 0.650. The first-order valence-corrected chi connectivity index (χ1v) is 7.35. The zero-order valence-corrected chi connectivity index (χ0v) is 13.0. The van der Waals surface area contributed by atoms with Gasteiger partial charge in [0.2, 0.25) is 0 Å². The molecule has 18 heavy (non-hydrogen) atoms. The lowest BCUT2D eigenvalue weighted by Gasteiger charge is -2.21. The third-order valence-electron chi connectivity index (χ3n) is 3.61. The summed E-state index contributed by atoms with van der Waals surface area (Å²) in [5.41, 5.74) is 5.39. The summed E-state index contributed by atoms with van der Waals surface area (Å²) >= 11 is 5.87. The lowest BCUT2D eigenvalue weighted by atomic mass is 9.87. The highest BCUT2D eigenvalue weighted by Crippen LogP contribution is 2.33. The van der Waals surface area contributed by atoms with Crippen LogP contribution in [0.4, 0.5) is 0 Å². The summed E-state index contributed by atoms with van der Waals surface area (Å²) < 4.78 is 5.82. The van der Waals surface area contributed by atoms with Crippen LogP contribution in [-0.2, 0) is 0 Å². The van der Waals surface area contributed by atoms with Gasteiger partial charge in [-0.1, -0.05) is 13.8 Å². The van der Waals surface area contributed by atoms with Gasteiger partial charge in [-0.2, -0.15) is 0 Å². The van der Waals surface area contributed by atoms with E-state index in [1.807, 2.05) is 0 Å². The molecule has 0 spiro atoms. The number of alkyl halides is 1. The van der Waals surface area contributed by atoms with Crippen LogP contribution in [0.15, 0.2) is 6.07 Å². The van der Waals surface area contributed by atoms with Crippen LogP contribution < -0.4 is 4.74 Å². The van der Waals surface area contributed by atoms with E-state index in [4.69, 9.17) is 16.3 Å². The highest BCUT2D eigenvalue weighted by Gasteiger charge is 2.15. The monoisotopic (exact) mass is 268 g/mol. The van der Waals surface area contributed by atoms with Gasteiger partial charge in [-0.05, 0) is 67.9 Å². The van der Waals surface area contributed by atoms with E-state index in [9.17, 15) is 0 Å². The maximum absolute atomic E-state index is 5.87. The molecule has 102 valence electrons. The van der Waals surface area contributed by atoms with Gasteiger partial charge >= 0.3 is 0 Å². The van der Waals surface area contributed by atoms with E-state index in [-0.39, 0.29) is 0 Å². The van der Waals surface area contributed by atoms with E-state index in [1.165, 1.54) is 22.3 Å². The predicted octanol–water partition coefficient (Wildman–Crippen LogP) is 5.13. The number of aryl methyl sites for hydroxylation is 1. The topological polar surface area (TPSA) is 9.23 Å². The fourth-order valence-corrected chi connectivity index (χ4v) is 2.82. The van der Waals surface area contributed by atoms with Gasteiger partial charge in [0.25, 0.3) is 0 Å². The smallest absolute Gasteiger partial charge is 0.122 e. The van der Waals surface area contributed by atoms with Crippen LogP contribution in [0.5, 0.6) is 5.75 Å². The van der Waals surface area contributed by atoms with E-state index in [0.717, 1.165) is 25.2 Å². The molecule has 0 radical (unpaired) electrons. The SMILES string of the molecule is CCCOc1cc(C)c(C(C)CCCl)c(C)c1C. The largest absolute Gasteiger partial charge is 0.493 e. The highest BCUT2D eigenvalue weighted by molar-refractivity contribution is 6.17. The van der Waals surface area contributed by atoms with Crippen LogP contribution in [0, 0.1) is 20.8 Å². The molecule has 0 fully saturated rings. The van der Waals surface area contributed by atoms with Crippen LogP contribution >= 0.6 is 11.6 Å². The van der Waals surface area contributed by atoms with E-state index >= 15 is 0 Å². The van der Waals surface area contributed by atoms with Gasteiger partial charge in [-0.3, -0.25) is 0 Å². The molecule has 0 aliphatic rings. The highest BCUT2D eigenvalue weighted by atomic mass is 35.5. The van der Waals surface area contributed by atoms with Gasteiger partial charge in [-0.15, -0.1) is 11.6 Å². The minimum atomic E-state index is 0.515. The Morgan fingerprint density at radius 1 is 1.22 bits per heavy atom. The van der Waals surface area contributed by atoms with Gasteiger partial charge < -0.3 is 4.74 Å². The Balaban J connectivity index is 3.11. The van der Waals surface area contributed by atoms with Gasteiger partial charge in [0.05, 0.1) is 6.61 Å². The Bertz CT molecular complexity index is 399. The number of ether oxygens (including phenoxy) is 1. The minimum Gasteiger partial charge on any atom is -0.493 e. The molecule has 0 bridgehead atoms. The number of rotatable bonds is 6. The Kier molecular flexibility index (Phi) is 6.01. The second kappa shape index (κ2) is 7.04. The lowest BCUT2D eigenvalue weighted by Crippen LogP contribution is -2.06. The number of benzene rings is 1. The molecule has 1 unspecified atom stereocenters. The summed E-state index contributed by atoms with van der Waals surface area (Å²) in [6.07, 6.45) is 2.07. The Morgan fingerprint density at radius 2 is 1.89 bits per heavy atom. The summed E-state index contributed by atoms with van der Waals surface area (Å²) in [6.45, 7) is 11.7. The molecule has 0 saturated heterocycles. The fourth-order valence-electron chi connectivity index (χ4n) is 2.49. The number of hydrogen-bond donors (Lipinski definition) is 0. The molecule has 1 rings (SSSR count). The van der Waals surface area contributed by atoms with Crippen LogP contribution in [0.3, 0.4) is 0 Å². The summed E-state index contributed by atoms with van der Waals surface area (Å²) in [5, 5.41) is 0. The van der Waals surface area contributed by atoms with Crippen molar-refractivity contribution < 1.29 is 4.74 Å². The molecule has 2 heteroatoms. The van der Waals surface area contributed by atoms with E-state index in [1.54, 1.807) is 0 Å². The Morgan fingerprint density at radius 3 is 2.44 bits per heavy atom. The van der Waals surface area contributed by atoms with Crippen molar-refractivity contribution in [3.63, 3.8) is 0 Å². The van der Waals surface area contributed by atoms with Crippen molar-refractivity contribution in [2.24, 2.45) is 0 Å². The van der Waals surface area contributed by atoms with Crippen LogP contribution in [0.25, 0.3) is 0 Å².